The van der Waals surface area contributed by atoms with Gasteiger partial charge in [-0.25, -0.2) is 0 Å². The van der Waals surface area contributed by atoms with Crippen LogP contribution < -0.4 is 10.6 Å². The van der Waals surface area contributed by atoms with E-state index < -0.39 is 0 Å². The molecule has 0 aromatic heterocycles. The molecule has 2 rings (SSSR count). The fourth-order valence-electron chi connectivity index (χ4n) is 2.66. The van der Waals surface area contributed by atoms with Crippen molar-refractivity contribution in [2.24, 2.45) is 11.7 Å². The fourth-order valence-corrected chi connectivity index (χ4v) is 2.66. The van der Waals surface area contributed by atoms with E-state index in [2.05, 4.69) is 43.1 Å². The minimum Gasteiger partial charge on any atom is -0.381 e. The number of anilines is 1. The Balaban J connectivity index is 1.93. The molecule has 1 saturated heterocycles. The van der Waals surface area contributed by atoms with Crippen LogP contribution in [-0.2, 0) is 4.74 Å². The topological polar surface area (TPSA) is 38.5 Å². The molecular weight excluding hydrogens is 236 g/mol. The summed E-state index contributed by atoms with van der Waals surface area (Å²) in [6.07, 6.45) is 3.46. The van der Waals surface area contributed by atoms with E-state index in [1.165, 1.54) is 24.1 Å². The highest BCUT2D eigenvalue weighted by molar-refractivity contribution is 5.47. The first-order chi connectivity index (χ1) is 9.20. The Kier molecular flexibility index (Phi) is 5.23. The van der Waals surface area contributed by atoms with Gasteiger partial charge in [-0.1, -0.05) is 19.1 Å². The van der Waals surface area contributed by atoms with Crippen molar-refractivity contribution in [3.05, 3.63) is 29.8 Å². The van der Waals surface area contributed by atoms with Crippen LogP contribution in [0.4, 0.5) is 5.69 Å². The highest BCUT2D eigenvalue weighted by Crippen LogP contribution is 2.21. The molecule has 2 atom stereocenters. The lowest BCUT2D eigenvalue weighted by Gasteiger charge is -2.28. The largest absolute Gasteiger partial charge is 0.381 e. The highest BCUT2D eigenvalue weighted by Gasteiger charge is 2.16. The zero-order valence-corrected chi connectivity index (χ0v) is 12.1. The van der Waals surface area contributed by atoms with Crippen LogP contribution in [0.1, 0.15) is 37.8 Å². The van der Waals surface area contributed by atoms with E-state index in [1.807, 2.05) is 0 Å². The third-order valence-corrected chi connectivity index (χ3v) is 3.99. The summed E-state index contributed by atoms with van der Waals surface area (Å²) in [5.74, 6) is 0.663. The number of nitrogens with zero attached hydrogens (tertiary/aromatic N) is 1. The van der Waals surface area contributed by atoms with Crippen LogP contribution in [0.3, 0.4) is 0 Å². The van der Waals surface area contributed by atoms with Crippen molar-refractivity contribution in [3.63, 3.8) is 0 Å². The number of hydrogen-bond acceptors (Lipinski definition) is 3. The molecule has 106 valence electrons. The van der Waals surface area contributed by atoms with Gasteiger partial charge in [0.05, 0.1) is 6.61 Å². The standard InChI is InChI=1S/C16H26N2O/c1-3-16(17)14-6-8-15(9-7-14)18(2)11-13-5-4-10-19-12-13/h6-9,13,16H,3-5,10-12,17H2,1-2H3. The molecule has 0 amide bonds. The SMILES string of the molecule is CCC(N)c1ccc(N(C)CC2CCCOC2)cc1. The van der Waals surface area contributed by atoms with E-state index in [-0.39, 0.29) is 6.04 Å². The molecule has 1 aromatic carbocycles. The van der Waals surface area contributed by atoms with E-state index in [9.17, 15) is 0 Å². The van der Waals surface area contributed by atoms with E-state index in [0.29, 0.717) is 5.92 Å². The molecule has 0 radical (unpaired) electrons. The van der Waals surface area contributed by atoms with Gasteiger partial charge in [0.15, 0.2) is 0 Å². The lowest BCUT2D eigenvalue weighted by Crippen LogP contribution is -2.30. The summed E-state index contributed by atoms with van der Waals surface area (Å²) in [5.41, 5.74) is 8.52. The van der Waals surface area contributed by atoms with Gasteiger partial charge >= 0.3 is 0 Å². The van der Waals surface area contributed by atoms with Crippen LogP contribution in [0.25, 0.3) is 0 Å². The molecular formula is C16H26N2O. The number of rotatable bonds is 5. The van der Waals surface area contributed by atoms with Crippen LogP contribution in [0.5, 0.6) is 0 Å². The van der Waals surface area contributed by atoms with Crippen molar-refractivity contribution in [1.29, 1.82) is 0 Å². The highest BCUT2D eigenvalue weighted by atomic mass is 16.5. The van der Waals surface area contributed by atoms with Crippen LogP contribution in [0.15, 0.2) is 24.3 Å². The van der Waals surface area contributed by atoms with Gasteiger partial charge in [0.25, 0.3) is 0 Å². The van der Waals surface area contributed by atoms with Gasteiger partial charge in [0.2, 0.25) is 0 Å². The molecule has 2 N–H and O–H groups in total. The Morgan fingerprint density at radius 3 is 2.68 bits per heavy atom. The summed E-state index contributed by atoms with van der Waals surface area (Å²) in [4.78, 5) is 2.32. The maximum absolute atomic E-state index is 6.04. The summed E-state index contributed by atoms with van der Waals surface area (Å²) < 4.78 is 5.54. The molecule has 1 aliphatic heterocycles. The second-order valence-corrected chi connectivity index (χ2v) is 5.57. The van der Waals surface area contributed by atoms with E-state index >= 15 is 0 Å². The van der Waals surface area contributed by atoms with Gasteiger partial charge in [-0.3, -0.25) is 0 Å². The summed E-state index contributed by atoms with van der Waals surface area (Å²) in [7, 11) is 2.16. The average Bonchev–Trinajstić information content (AvgIpc) is 2.47. The van der Waals surface area contributed by atoms with Crippen molar-refractivity contribution in [2.75, 3.05) is 31.7 Å². The van der Waals surface area contributed by atoms with Crippen molar-refractivity contribution in [1.82, 2.24) is 0 Å². The van der Waals surface area contributed by atoms with Crippen LogP contribution in [0, 0.1) is 5.92 Å². The summed E-state index contributed by atoms with van der Waals surface area (Å²) in [6, 6.07) is 8.81. The smallest absolute Gasteiger partial charge is 0.0511 e. The number of hydrogen-bond donors (Lipinski definition) is 1. The molecule has 1 aromatic rings. The van der Waals surface area contributed by atoms with Crippen molar-refractivity contribution < 1.29 is 4.74 Å². The third kappa shape index (κ3) is 3.95. The van der Waals surface area contributed by atoms with Gasteiger partial charge in [0.1, 0.15) is 0 Å². The van der Waals surface area contributed by atoms with Crippen LogP contribution in [-0.4, -0.2) is 26.8 Å². The zero-order valence-electron chi connectivity index (χ0n) is 12.1. The molecule has 3 heteroatoms. The maximum Gasteiger partial charge on any atom is 0.0511 e. The number of benzene rings is 1. The normalized spacial score (nSPS) is 21.1. The van der Waals surface area contributed by atoms with Gasteiger partial charge in [-0.05, 0) is 42.9 Å². The molecule has 1 fully saturated rings. The Labute approximate surface area is 116 Å². The van der Waals surface area contributed by atoms with E-state index in [4.69, 9.17) is 10.5 Å². The molecule has 1 heterocycles. The number of ether oxygens (including phenoxy) is 1. The van der Waals surface area contributed by atoms with Crippen LogP contribution in [0.2, 0.25) is 0 Å². The monoisotopic (exact) mass is 262 g/mol. The van der Waals surface area contributed by atoms with Crippen molar-refractivity contribution in [3.8, 4) is 0 Å². The molecule has 3 nitrogen and oxygen atoms in total. The summed E-state index contributed by atoms with van der Waals surface area (Å²) in [6.45, 7) is 5.03. The molecule has 0 aliphatic carbocycles. The van der Waals surface area contributed by atoms with Crippen molar-refractivity contribution in [2.45, 2.75) is 32.2 Å². The Hall–Kier alpha value is -1.06. The molecule has 0 spiro atoms. The second kappa shape index (κ2) is 6.92. The number of nitrogens with two attached hydrogens (primary N) is 1. The minimum atomic E-state index is 0.158. The second-order valence-electron chi connectivity index (χ2n) is 5.57. The zero-order chi connectivity index (χ0) is 13.7. The molecule has 0 bridgehead atoms. The van der Waals surface area contributed by atoms with Gasteiger partial charge in [0, 0.05) is 31.9 Å². The maximum atomic E-state index is 6.04. The lowest BCUT2D eigenvalue weighted by atomic mass is 10.0. The summed E-state index contributed by atoms with van der Waals surface area (Å²) >= 11 is 0. The quantitative estimate of drug-likeness (QED) is 0.886. The Morgan fingerprint density at radius 2 is 2.11 bits per heavy atom. The van der Waals surface area contributed by atoms with Gasteiger partial charge < -0.3 is 15.4 Å². The van der Waals surface area contributed by atoms with E-state index in [0.717, 1.165) is 26.2 Å². The Bertz CT molecular complexity index is 371. The molecule has 2 unspecified atom stereocenters. The average molecular weight is 262 g/mol. The predicted molar refractivity (Wildman–Crippen MR) is 80.5 cm³/mol. The third-order valence-electron chi connectivity index (χ3n) is 3.99. The molecule has 1 aliphatic rings. The van der Waals surface area contributed by atoms with Gasteiger partial charge in [-0.15, -0.1) is 0 Å². The summed E-state index contributed by atoms with van der Waals surface area (Å²) in [5, 5.41) is 0. The fraction of sp³-hybridized carbons (Fsp3) is 0.625. The van der Waals surface area contributed by atoms with E-state index in [1.54, 1.807) is 0 Å². The molecule has 19 heavy (non-hydrogen) atoms. The first-order valence-corrected chi connectivity index (χ1v) is 7.35. The molecule has 0 saturated carbocycles. The first-order valence-electron chi connectivity index (χ1n) is 7.35. The predicted octanol–water partition coefficient (Wildman–Crippen LogP) is 2.96. The lowest BCUT2D eigenvalue weighted by molar-refractivity contribution is 0.0576. The van der Waals surface area contributed by atoms with Gasteiger partial charge in [-0.2, -0.15) is 0 Å². The van der Waals surface area contributed by atoms with Crippen LogP contribution >= 0.6 is 0 Å². The van der Waals surface area contributed by atoms with Crippen molar-refractivity contribution >= 4 is 5.69 Å². The Morgan fingerprint density at radius 1 is 1.37 bits per heavy atom. The minimum absolute atomic E-state index is 0.158. The first kappa shape index (κ1) is 14.4.